The number of amides is 1. The van der Waals surface area contributed by atoms with Gasteiger partial charge in [-0.1, -0.05) is 13.8 Å². The first-order valence-electron chi connectivity index (χ1n) is 5.56. The maximum Gasteiger partial charge on any atom is 0.250 e. The summed E-state index contributed by atoms with van der Waals surface area (Å²) in [6.07, 6.45) is 1.92. The number of methoxy groups -OCH3 is 1. The van der Waals surface area contributed by atoms with Gasteiger partial charge in [0.25, 0.3) is 0 Å². The van der Waals surface area contributed by atoms with E-state index in [1.54, 1.807) is 0 Å². The van der Waals surface area contributed by atoms with E-state index in [-0.39, 0.29) is 12.5 Å². The van der Waals surface area contributed by atoms with Crippen molar-refractivity contribution in [2.75, 3.05) is 20.2 Å². The number of carbonyl (C=O) groups is 1. The highest BCUT2D eigenvalue weighted by molar-refractivity contribution is 5.81. The molecule has 1 fully saturated rings. The second kappa shape index (κ2) is 4.94. The third-order valence-corrected chi connectivity index (χ3v) is 3.52. The lowest BCUT2D eigenvalue weighted by Gasteiger charge is -2.21. The fraction of sp³-hybridized carbons (Fsp3) is 0.909. The number of hydrogen-bond acceptors (Lipinski definition) is 3. The van der Waals surface area contributed by atoms with E-state index in [0.717, 1.165) is 6.54 Å². The summed E-state index contributed by atoms with van der Waals surface area (Å²) in [5.74, 6) is 0.531. The van der Waals surface area contributed by atoms with Crippen molar-refractivity contribution in [1.29, 1.82) is 0 Å². The Kier molecular flexibility index (Phi) is 4.11. The second-order valence-electron chi connectivity index (χ2n) is 4.69. The molecule has 0 saturated heterocycles. The van der Waals surface area contributed by atoms with Crippen LogP contribution in [0.1, 0.15) is 26.7 Å². The number of carbonyl (C=O) groups excluding carboxylic acids is 1. The van der Waals surface area contributed by atoms with E-state index in [2.05, 4.69) is 19.2 Å². The highest BCUT2D eigenvalue weighted by Crippen LogP contribution is 2.51. The van der Waals surface area contributed by atoms with Crippen molar-refractivity contribution >= 4 is 5.91 Å². The Morgan fingerprint density at radius 3 is 2.47 bits per heavy atom. The zero-order chi connectivity index (χ0) is 11.5. The predicted octanol–water partition coefficient (Wildman–Crippen LogP) is 0.513. The van der Waals surface area contributed by atoms with Crippen molar-refractivity contribution in [2.24, 2.45) is 17.1 Å². The average Bonchev–Trinajstić information content (AvgIpc) is 2.97. The fourth-order valence-electron chi connectivity index (χ4n) is 1.81. The van der Waals surface area contributed by atoms with Crippen LogP contribution < -0.4 is 11.1 Å². The molecule has 0 aliphatic heterocycles. The maximum absolute atomic E-state index is 11.6. The molecule has 4 heteroatoms. The standard InChI is InChI=1S/C11H22N2O2/c1-8(2)11(4-5-11)7-13-10(14)9(6-12)15-3/h8-9H,4-7,12H2,1-3H3,(H,13,14). The molecule has 1 rings (SSSR count). The minimum absolute atomic E-state index is 0.0908. The van der Waals surface area contributed by atoms with Crippen LogP contribution in [-0.4, -0.2) is 32.2 Å². The van der Waals surface area contributed by atoms with E-state index in [4.69, 9.17) is 10.5 Å². The Morgan fingerprint density at radius 1 is 1.53 bits per heavy atom. The van der Waals surface area contributed by atoms with Gasteiger partial charge in [-0.15, -0.1) is 0 Å². The highest BCUT2D eigenvalue weighted by Gasteiger charge is 2.45. The molecule has 4 nitrogen and oxygen atoms in total. The lowest BCUT2D eigenvalue weighted by Crippen LogP contribution is -2.43. The van der Waals surface area contributed by atoms with Gasteiger partial charge in [0.1, 0.15) is 6.10 Å². The first-order valence-corrected chi connectivity index (χ1v) is 5.56. The lowest BCUT2D eigenvalue weighted by atomic mass is 9.92. The Hall–Kier alpha value is -0.610. The average molecular weight is 214 g/mol. The van der Waals surface area contributed by atoms with Crippen LogP contribution in [0.4, 0.5) is 0 Å². The number of nitrogens with one attached hydrogen (secondary N) is 1. The number of hydrogen-bond donors (Lipinski definition) is 2. The van der Waals surface area contributed by atoms with Gasteiger partial charge in [0.05, 0.1) is 0 Å². The summed E-state index contributed by atoms with van der Waals surface area (Å²) in [5, 5.41) is 2.92. The molecular weight excluding hydrogens is 192 g/mol. The van der Waals surface area contributed by atoms with E-state index in [1.807, 2.05) is 0 Å². The van der Waals surface area contributed by atoms with Gasteiger partial charge in [-0.2, -0.15) is 0 Å². The summed E-state index contributed by atoms with van der Waals surface area (Å²) in [5.41, 5.74) is 5.75. The molecule has 1 unspecified atom stereocenters. The van der Waals surface area contributed by atoms with Crippen LogP contribution in [0, 0.1) is 11.3 Å². The normalized spacial score (nSPS) is 20.1. The summed E-state index contributed by atoms with van der Waals surface area (Å²) in [4.78, 5) is 11.6. The monoisotopic (exact) mass is 214 g/mol. The molecule has 1 saturated carbocycles. The molecule has 0 aromatic rings. The van der Waals surface area contributed by atoms with Crippen LogP contribution in [0.5, 0.6) is 0 Å². The number of nitrogens with two attached hydrogens (primary N) is 1. The number of rotatable bonds is 6. The first-order chi connectivity index (χ1) is 7.05. The minimum Gasteiger partial charge on any atom is -0.370 e. The second-order valence-corrected chi connectivity index (χ2v) is 4.69. The van der Waals surface area contributed by atoms with Gasteiger partial charge in [0.2, 0.25) is 5.91 Å². The predicted molar refractivity (Wildman–Crippen MR) is 59.4 cm³/mol. The fourth-order valence-corrected chi connectivity index (χ4v) is 1.81. The molecule has 0 radical (unpaired) electrons. The molecule has 1 atom stereocenters. The largest absolute Gasteiger partial charge is 0.370 e. The first kappa shape index (κ1) is 12.5. The summed E-state index contributed by atoms with van der Waals surface area (Å²) in [6.45, 7) is 5.39. The summed E-state index contributed by atoms with van der Waals surface area (Å²) >= 11 is 0. The van der Waals surface area contributed by atoms with Crippen LogP contribution in [0.15, 0.2) is 0 Å². The van der Waals surface area contributed by atoms with Crippen molar-refractivity contribution in [3.8, 4) is 0 Å². The molecule has 0 spiro atoms. The SMILES string of the molecule is COC(CN)C(=O)NCC1(C(C)C)CC1. The molecule has 15 heavy (non-hydrogen) atoms. The molecule has 0 aromatic carbocycles. The van der Waals surface area contributed by atoms with E-state index in [1.165, 1.54) is 20.0 Å². The maximum atomic E-state index is 11.6. The van der Waals surface area contributed by atoms with Gasteiger partial charge in [-0.05, 0) is 24.2 Å². The Labute approximate surface area is 91.5 Å². The van der Waals surface area contributed by atoms with Crippen molar-refractivity contribution in [3.63, 3.8) is 0 Å². The molecule has 88 valence electrons. The lowest BCUT2D eigenvalue weighted by molar-refractivity contribution is -0.130. The Bertz CT molecular complexity index is 221. The van der Waals surface area contributed by atoms with Crippen LogP contribution >= 0.6 is 0 Å². The Balaban J connectivity index is 2.34. The molecule has 1 amide bonds. The van der Waals surface area contributed by atoms with Crippen molar-refractivity contribution in [1.82, 2.24) is 5.32 Å². The minimum atomic E-state index is -0.507. The van der Waals surface area contributed by atoms with Crippen LogP contribution in [-0.2, 0) is 9.53 Å². The highest BCUT2D eigenvalue weighted by atomic mass is 16.5. The summed E-state index contributed by atoms with van der Waals surface area (Å²) < 4.78 is 4.97. The van der Waals surface area contributed by atoms with E-state index >= 15 is 0 Å². The van der Waals surface area contributed by atoms with Crippen molar-refractivity contribution in [3.05, 3.63) is 0 Å². The zero-order valence-electron chi connectivity index (χ0n) is 9.88. The topological polar surface area (TPSA) is 64.3 Å². The van der Waals surface area contributed by atoms with Gasteiger partial charge in [0, 0.05) is 20.2 Å². The Morgan fingerprint density at radius 2 is 2.13 bits per heavy atom. The van der Waals surface area contributed by atoms with Gasteiger partial charge in [-0.25, -0.2) is 0 Å². The van der Waals surface area contributed by atoms with Crippen LogP contribution in [0.3, 0.4) is 0 Å². The summed E-state index contributed by atoms with van der Waals surface area (Å²) in [6, 6.07) is 0. The number of ether oxygens (including phenoxy) is 1. The molecule has 0 heterocycles. The zero-order valence-corrected chi connectivity index (χ0v) is 9.88. The summed E-state index contributed by atoms with van der Waals surface area (Å²) in [7, 11) is 1.51. The van der Waals surface area contributed by atoms with E-state index < -0.39 is 6.10 Å². The molecule has 0 aromatic heterocycles. The van der Waals surface area contributed by atoms with Gasteiger partial charge in [0.15, 0.2) is 0 Å². The van der Waals surface area contributed by atoms with Crippen molar-refractivity contribution in [2.45, 2.75) is 32.8 Å². The third kappa shape index (κ3) is 2.92. The molecular formula is C11H22N2O2. The third-order valence-electron chi connectivity index (χ3n) is 3.52. The van der Waals surface area contributed by atoms with Crippen LogP contribution in [0.25, 0.3) is 0 Å². The smallest absolute Gasteiger partial charge is 0.250 e. The van der Waals surface area contributed by atoms with E-state index in [9.17, 15) is 4.79 Å². The van der Waals surface area contributed by atoms with Gasteiger partial charge < -0.3 is 15.8 Å². The molecule has 1 aliphatic rings. The molecule has 0 bridgehead atoms. The van der Waals surface area contributed by atoms with Gasteiger partial charge >= 0.3 is 0 Å². The van der Waals surface area contributed by atoms with E-state index in [0.29, 0.717) is 11.3 Å². The molecule has 3 N–H and O–H groups in total. The van der Waals surface area contributed by atoms with Crippen LogP contribution in [0.2, 0.25) is 0 Å². The molecule has 1 aliphatic carbocycles. The van der Waals surface area contributed by atoms with Crippen molar-refractivity contribution < 1.29 is 9.53 Å². The van der Waals surface area contributed by atoms with Gasteiger partial charge in [-0.3, -0.25) is 4.79 Å². The quantitative estimate of drug-likeness (QED) is 0.677.